The molecule has 5 nitrogen and oxygen atoms in total. The normalized spacial score (nSPS) is 14.8. The van der Waals surface area contributed by atoms with Gasteiger partial charge in [-0.15, -0.1) is 0 Å². The Bertz CT molecular complexity index is 779. The molecule has 118 valence electrons. The topological polar surface area (TPSA) is 67.4 Å². The van der Waals surface area contributed by atoms with E-state index in [2.05, 4.69) is 10.6 Å². The van der Waals surface area contributed by atoms with Gasteiger partial charge in [-0.05, 0) is 61.9 Å². The van der Waals surface area contributed by atoms with E-state index in [1.165, 1.54) is 0 Å². The van der Waals surface area contributed by atoms with Crippen LogP contribution >= 0.6 is 0 Å². The Kier molecular flexibility index (Phi) is 3.56. The van der Waals surface area contributed by atoms with E-state index in [0.717, 1.165) is 11.3 Å². The molecule has 2 aromatic rings. The molecule has 0 radical (unpaired) electrons. The van der Waals surface area contributed by atoms with Crippen molar-refractivity contribution in [3.8, 4) is 5.75 Å². The van der Waals surface area contributed by atoms with E-state index >= 15 is 0 Å². The Morgan fingerprint density at radius 2 is 1.83 bits per heavy atom. The van der Waals surface area contributed by atoms with Crippen LogP contribution in [0.1, 0.15) is 29.8 Å². The van der Waals surface area contributed by atoms with Crippen LogP contribution in [0.5, 0.6) is 5.75 Å². The van der Waals surface area contributed by atoms with E-state index in [1.807, 2.05) is 26.0 Å². The molecule has 0 aromatic heterocycles. The van der Waals surface area contributed by atoms with Crippen LogP contribution in [0.2, 0.25) is 0 Å². The molecular formula is C18H18N2O3. The predicted molar refractivity (Wildman–Crippen MR) is 89.0 cm³/mol. The second-order valence-corrected chi connectivity index (χ2v) is 6.02. The molecule has 2 N–H and O–H groups in total. The zero-order chi connectivity index (χ0) is 16.6. The Hall–Kier alpha value is -2.82. The van der Waals surface area contributed by atoms with Crippen molar-refractivity contribution < 1.29 is 14.3 Å². The zero-order valence-corrected chi connectivity index (χ0v) is 13.3. The van der Waals surface area contributed by atoms with Crippen molar-refractivity contribution in [1.29, 1.82) is 0 Å². The molecule has 5 heteroatoms. The van der Waals surface area contributed by atoms with E-state index in [1.54, 1.807) is 37.4 Å². The van der Waals surface area contributed by atoms with Crippen molar-refractivity contribution in [1.82, 2.24) is 0 Å². The Balaban J connectivity index is 1.82. The summed E-state index contributed by atoms with van der Waals surface area (Å²) in [6, 6.07) is 12.3. The molecule has 23 heavy (non-hydrogen) atoms. The summed E-state index contributed by atoms with van der Waals surface area (Å²) in [4.78, 5) is 24.3. The summed E-state index contributed by atoms with van der Waals surface area (Å²) in [5.74, 6) is 0.458. The van der Waals surface area contributed by atoms with Crippen LogP contribution in [0, 0.1) is 0 Å². The molecule has 0 unspecified atom stereocenters. The highest BCUT2D eigenvalue weighted by atomic mass is 16.5. The lowest BCUT2D eigenvalue weighted by atomic mass is 9.86. The lowest BCUT2D eigenvalue weighted by Crippen LogP contribution is -2.26. The summed E-state index contributed by atoms with van der Waals surface area (Å²) in [5.41, 5.74) is 2.28. The third kappa shape index (κ3) is 2.65. The maximum atomic E-state index is 12.3. The number of benzene rings is 2. The number of methoxy groups -OCH3 is 1. The summed E-state index contributed by atoms with van der Waals surface area (Å²) < 4.78 is 5.08. The summed E-state index contributed by atoms with van der Waals surface area (Å²) >= 11 is 0. The number of fused-ring (bicyclic) bond motifs is 1. The molecule has 0 saturated carbocycles. The second kappa shape index (κ2) is 5.43. The average molecular weight is 310 g/mol. The van der Waals surface area contributed by atoms with Gasteiger partial charge >= 0.3 is 0 Å². The van der Waals surface area contributed by atoms with Gasteiger partial charge in [0.15, 0.2) is 0 Å². The van der Waals surface area contributed by atoms with Gasteiger partial charge in [0.05, 0.1) is 12.5 Å². The van der Waals surface area contributed by atoms with E-state index in [9.17, 15) is 9.59 Å². The van der Waals surface area contributed by atoms with Crippen LogP contribution in [0.25, 0.3) is 0 Å². The molecule has 1 aliphatic heterocycles. The number of amides is 2. The fourth-order valence-electron chi connectivity index (χ4n) is 2.59. The van der Waals surface area contributed by atoms with Crippen molar-refractivity contribution in [2.45, 2.75) is 19.3 Å². The van der Waals surface area contributed by atoms with E-state index in [4.69, 9.17) is 4.74 Å². The molecule has 0 spiro atoms. The molecular weight excluding hydrogens is 292 g/mol. The number of hydrogen-bond acceptors (Lipinski definition) is 3. The Morgan fingerprint density at radius 3 is 2.48 bits per heavy atom. The minimum atomic E-state index is -0.601. The molecule has 0 fully saturated rings. The molecule has 0 aliphatic carbocycles. The predicted octanol–water partition coefficient (Wildman–Crippen LogP) is 3.18. The summed E-state index contributed by atoms with van der Waals surface area (Å²) in [7, 11) is 1.58. The van der Waals surface area contributed by atoms with E-state index in [-0.39, 0.29) is 11.8 Å². The molecule has 2 aromatic carbocycles. The highest BCUT2D eigenvalue weighted by Gasteiger charge is 2.38. The van der Waals surface area contributed by atoms with Crippen molar-refractivity contribution in [3.63, 3.8) is 0 Å². The van der Waals surface area contributed by atoms with Crippen LogP contribution in [-0.4, -0.2) is 18.9 Å². The number of rotatable bonds is 3. The maximum Gasteiger partial charge on any atom is 0.255 e. The first-order valence-electron chi connectivity index (χ1n) is 7.33. The van der Waals surface area contributed by atoms with Crippen molar-refractivity contribution in [2.75, 3.05) is 17.7 Å². The van der Waals surface area contributed by atoms with Crippen LogP contribution in [0.15, 0.2) is 42.5 Å². The molecule has 2 amide bonds. The van der Waals surface area contributed by atoms with Crippen LogP contribution < -0.4 is 15.4 Å². The van der Waals surface area contributed by atoms with Gasteiger partial charge in [-0.25, -0.2) is 0 Å². The summed E-state index contributed by atoms with van der Waals surface area (Å²) in [6.07, 6.45) is 0. The van der Waals surface area contributed by atoms with E-state index < -0.39 is 5.41 Å². The SMILES string of the molecule is COc1ccc(C(=O)Nc2ccc3c(c2)C(C)(C)C(=O)N3)cc1. The minimum absolute atomic E-state index is 0.0360. The second-order valence-electron chi connectivity index (χ2n) is 6.02. The minimum Gasteiger partial charge on any atom is -0.497 e. The highest BCUT2D eigenvalue weighted by molar-refractivity contribution is 6.07. The summed E-state index contributed by atoms with van der Waals surface area (Å²) in [6.45, 7) is 3.73. The van der Waals surface area contributed by atoms with Crippen molar-refractivity contribution in [2.24, 2.45) is 0 Å². The zero-order valence-electron chi connectivity index (χ0n) is 13.3. The maximum absolute atomic E-state index is 12.3. The number of hydrogen-bond donors (Lipinski definition) is 2. The molecule has 3 rings (SSSR count). The Labute approximate surface area is 134 Å². The van der Waals surface area contributed by atoms with Crippen LogP contribution in [0.3, 0.4) is 0 Å². The average Bonchev–Trinajstić information content (AvgIpc) is 2.77. The quantitative estimate of drug-likeness (QED) is 0.915. The molecule has 0 saturated heterocycles. The first-order valence-corrected chi connectivity index (χ1v) is 7.33. The smallest absolute Gasteiger partial charge is 0.255 e. The summed E-state index contributed by atoms with van der Waals surface area (Å²) in [5, 5.41) is 5.71. The van der Waals surface area contributed by atoms with Gasteiger partial charge in [-0.2, -0.15) is 0 Å². The largest absolute Gasteiger partial charge is 0.497 e. The molecule has 0 bridgehead atoms. The van der Waals surface area contributed by atoms with Crippen molar-refractivity contribution in [3.05, 3.63) is 53.6 Å². The first-order chi connectivity index (χ1) is 10.9. The fraction of sp³-hybridized carbons (Fsp3) is 0.222. The van der Waals surface area contributed by atoms with Crippen LogP contribution in [0.4, 0.5) is 11.4 Å². The molecule has 1 heterocycles. The number of anilines is 2. The number of nitrogens with one attached hydrogen (secondary N) is 2. The van der Waals surface area contributed by atoms with Crippen LogP contribution in [-0.2, 0) is 10.2 Å². The standard InChI is InChI=1S/C18H18N2O3/c1-18(2)14-10-12(6-9-15(14)20-17(18)22)19-16(21)11-4-7-13(23-3)8-5-11/h4-10H,1-3H3,(H,19,21)(H,20,22). The highest BCUT2D eigenvalue weighted by Crippen LogP contribution is 2.38. The van der Waals surface area contributed by atoms with Gasteiger partial charge in [-0.3, -0.25) is 9.59 Å². The molecule has 0 atom stereocenters. The fourth-order valence-corrected chi connectivity index (χ4v) is 2.59. The van der Waals surface area contributed by atoms with Gasteiger partial charge in [0.2, 0.25) is 5.91 Å². The monoisotopic (exact) mass is 310 g/mol. The number of ether oxygens (including phenoxy) is 1. The van der Waals surface area contributed by atoms with E-state index in [0.29, 0.717) is 17.0 Å². The lowest BCUT2D eigenvalue weighted by Gasteiger charge is -2.16. The number of carbonyl (C=O) groups excluding carboxylic acids is 2. The van der Waals surface area contributed by atoms with Gasteiger partial charge in [0.25, 0.3) is 5.91 Å². The number of carbonyl (C=O) groups is 2. The Morgan fingerprint density at radius 1 is 1.13 bits per heavy atom. The lowest BCUT2D eigenvalue weighted by molar-refractivity contribution is -0.119. The third-order valence-corrected chi connectivity index (χ3v) is 4.12. The van der Waals surface area contributed by atoms with Crippen molar-refractivity contribution >= 4 is 23.2 Å². The van der Waals surface area contributed by atoms with Gasteiger partial charge in [0, 0.05) is 16.9 Å². The first kappa shape index (κ1) is 15.1. The molecule has 1 aliphatic rings. The van der Waals surface area contributed by atoms with Gasteiger partial charge in [-0.1, -0.05) is 0 Å². The van der Waals surface area contributed by atoms with Gasteiger partial charge < -0.3 is 15.4 Å². The van der Waals surface area contributed by atoms with Gasteiger partial charge in [0.1, 0.15) is 5.75 Å². The third-order valence-electron chi connectivity index (χ3n) is 4.12.